The fraction of sp³-hybridized carbons (Fsp3) is 0.632. The molecule has 27 heavy (non-hydrogen) atoms. The van der Waals surface area contributed by atoms with Crippen LogP contribution in [-0.2, 0) is 10.0 Å². The number of rotatable bonds is 5. The molecule has 1 aromatic carbocycles. The molecule has 152 valence electrons. The zero-order chi connectivity index (χ0) is 18.7. The fourth-order valence-corrected chi connectivity index (χ4v) is 5.43. The minimum atomic E-state index is -3.53. The van der Waals surface area contributed by atoms with Gasteiger partial charge in [0.2, 0.25) is 10.0 Å². The molecule has 2 saturated heterocycles. The number of piperidine rings is 1. The van der Waals surface area contributed by atoms with Crippen LogP contribution in [-0.4, -0.2) is 63.3 Å². The summed E-state index contributed by atoms with van der Waals surface area (Å²) in [7, 11) is -1.60. The van der Waals surface area contributed by atoms with Crippen molar-refractivity contribution in [1.82, 2.24) is 14.5 Å². The lowest BCUT2D eigenvalue weighted by Gasteiger charge is -2.26. The summed E-state index contributed by atoms with van der Waals surface area (Å²) in [6, 6.07) is 4.96. The van der Waals surface area contributed by atoms with Gasteiger partial charge in [-0.25, -0.2) is 8.42 Å². The number of likely N-dealkylation sites (tertiary alicyclic amines) is 1. The van der Waals surface area contributed by atoms with Crippen molar-refractivity contribution in [2.24, 2.45) is 5.92 Å². The fourth-order valence-electron chi connectivity index (χ4n) is 3.89. The molecule has 8 heteroatoms. The summed E-state index contributed by atoms with van der Waals surface area (Å²) in [4.78, 5) is 15.1. The number of carbonyl (C=O) groups excluding carboxylic acids is 1. The maximum atomic E-state index is 13.0. The Bertz CT molecular complexity index is 763. The molecule has 0 bridgehead atoms. The summed E-state index contributed by atoms with van der Waals surface area (Å²) in [5, 5.41) is 3.16. The molecule has 2 fully saturated rings. The SMILES string of the molecule is CNCC1CCN(C(=O)c2cc(S(=O)(=O)N3CCCCC3)ccc2C)C1.Cl. The van der Waals surface area contributed by atoms with Crippen LogP contribution in [0.3, 0.4) is 0 Å². The Morgan fingerprint density at radius 3 is 2.56 bits per heavy atom. The Morgan fingerprint density at radius 1 is 1.19 bits per heavy atom. The van der Waals surface area contributed by atoms with Gasteiger partial charge in [0.05, 0.1) is 4.90 Å². The number of hydrogen-bond donors (Lipinski definition) is 1. The normalized spacial score (nSPS) is 21.1. The third-order valence-corrected chi connectivity index (χ3v) is 7.35. The first-order valence-electron chi connectivity index (χ1n) is 9.48. The topological polar surface area (TPSA) is 69.7 Å². The Kier molecular flexibility index (Phi) is 7.68. The molecule has 0 aliphatic carbocycles. The average Bonchev–Trinajstić information content (AvgIpc) is 3.11. The third kappa shape index (κ3) is 4.83. The van der Waals surface area contributed by atoms with E-state index in [1.54, 1.807) is 22.5 Å². The molecule has 2 aliphatic rings. The van der Waals surface area contributed by atoms with Gasteiger partial charge in [0, 0.05) is 31.7 Å². The van der Waals surface area contributed by atoms with E-state index in [9.17, 15) is 13.2 Å². The first-order chi connectivity index (χ1) is 12.4. The van der Waals surface area contributed by atoms with E-state index in [2.05, 4.69) is 5.32 Å². The molecule has 3 rings (SSSR count). The Labute approximate surface area is 168 Å². The van der Waals surface area contributed by atoms with E-state index in [-0.39, 0.29) is 23.2 Å². The van der Waals surface area contributed by atoms with Gasteiger partial charge in [-0.2, -0.15) is 4.31 Å². The Balaban J connectivity index is 0.00000261. The van der Waals surface area contributed by atoms with E-state index < -0.39 is 10.0 Å². The van der Waals surface area contributed by atoms with Crippen LogP contribution in [0.4, 0.5) is 0 Å². The molecule has 1 amide bonds. The summed E-state index contributed by atoms with van der Waals surface area (Å²) in [5.41, 5.74) is 1.33. The quantitative estimate of drug-likeness (QED) is 0.800. The van der Waals surface area contributed by atoms with Crippen LogP contribution in [0, 0.1) is 12.8 Å². The predicted octanol–water partition coefficient (Wildman–Crippen LogP) is 2.27. The summed E-state index contributed by atoms with van der Waals surface area (Å²) in [6.45, 7) is 5.35. The van der Waals surface area contributed by atoms with Gasteiger partial charge in [0.15, 0.2) is 0 Å². The average molecular weight is 416 g/mol. The first-order valence-corrected chi connectivity index (χ1v) is 10.9. The molecule has 1 N–H and O–H groups in total. The van der Waals surface area contributed by atoms with E-state index >= 15 is 0 Å². The smallest absolute Gasteiger partial charge is 0.254 e. The van der Waals surface area contributed by atoms with Crippen LogP contribution in [0.1, 0.15) is 41.6 Å². The molecule has 0 saturated carbocycles. The summed E-state index contributed by atoms with van der Waals surface area (Å²) < 4.78 is 27.4. The number of amides is 1. The van der Waals surface area contributed by atoms with Gasteiger partial charge >= 0.3 is 0 Å². The van der Waals surface area contributed by atoms with Gasteiger partial charge in [-0.05, 0) is 63.4 Å². The molecule has 1 atom stereocenters. The van der Waals surface area contributed by atoms with Crippen molar-refractivity contribution in [2.75, 3.05) is 39.8 Å². The van der Waals surface area contributed by atoms with E-state index in [1.807, 2.05) is 18.9 Å². The molecule has 6 nitrogen and oxygen atoms in total. The Hall–Kier alpha value is -1.15. The molecule has 1 unspecified atom stereocenters. The maximum Gasteiger partial charge on any atom is 0.254 e. The highest BCUT2D eigenvalue weighted by Gasteiger charge is 2.30. The van der Waals surface area contributed by atoms with Crippen LogP contribution in [0.5, 0.6) is 0 Å². The highest BCUT2D eigenvalue weighted by atomic mass is 35.5. The van der Waals surface area contributed by atoms with Gasteiger partial charge in [0.1, 0.15) is 0 Å². The van der Waals surface area contributed by atoms with Crippen LogP contribution >= 0.6 is 12.4 Å². The van der Waals surface area contributed by atoms with Crippen LogP contribution in [0.25, 0.3) is 0 Å². The van der Waals surface area contributed by atoms with Gasteiger partial charge in [0.25, 0.3) is 5.91 Å². The molecule has 2 heterocycles. The number of nitrogens with one attached hydrogen (secondary N) is 1. The number of sulfonamides is 1. The maximum absolute atomic E-state index is 13.0. The predicted molar refractivity (Wildman–Crippen MR) is 109 cm³/mol. The van der Waals surface area contributed by atoms with Crippen LogP contribution in [0.15, 0.2) is 23.1 Å². The second-order valence-corrected chi connectivity index (χ2v) is 9.34. The van der Waals surface area contributed by atoms with Crippen molar-refractivity contribution in [1.29, 1.82) is 0 Å². The monoisotopic (exact) mass is 415 g/mol. The van der Waals surface area contributed by atoms with Gasteiger partial charge < -0.3 is 10.2 Å². The highest BCUT2D eigenvalue weighted by Crippen LogP contribution is 2.25. The summed E-state index contributed by atoms with van der Waals surface area (Å²) in [6.07, 6.45) is 3.86. The van der Waals surface area contributed by atoms with Gasteiger partial charge in [-0.3, -0.25) is 4.79 Å². The zero-order valence-electron chi connectivity index (χ0n) is 16.1. The van der Waals surface area contributed by atoms with E-state index in [0.717, 1.165) is 50.9 Å². The van der Waals surface area contributed by atoms with Crippen molar-refractivity contribution >= 4 is 28.3 Å². The summed E-state index contributed by atoms with van der Waals surface area (Å²) >= 11 is 0. The molecular formula is C19H30ClN3O3S. The first kappa shape index (κ1) is 22.1. The van der Waals surface area contributed by atoms with Crippen molar-refractivity contribution < 1.29 is 13.2 Å². The van der Waals surface area contributed by atoms with Gasteiger partial charge in [-0.1, -0.05) is 12.5 Å². The van der Waals surface area contributed by atoms with Crippen molar-refractivity contribution in [2.45, 2.75) is 37.5 Å². The number of benzene rings is 1. The molecule has 0 spiro atoms. The number of carbonyl (C=O) groups is 1. The van der Waals surface area contributed by atoms with Crippen molar-refractivity contribution in [3.05, 3.63) is 29.3 Å². The Morgan fingerprint density at radius 2 is 1.89 bits per heavy atom. The third-order valence-electron chi connectivity index (χ3n) is 5.46. The van der Waals surface area contributed by atoms with Crippen LogP contribution in [0.2, 0.25) is 0 Å². The summed E-state index contributed by atoms with van der Waals surface area (Å²) in [5.74, 6) is 0.404. The second-order valence-electron chi connectivity index (χ2n) is 7.41. The molecule has 1 aromatic rings. The van der Waals surface area contributed by atoms with E-state index in [0.29, 0.717) is 24.6 Å². The van der Waals surface area contributed by atoms with Crippen molar-refractivity contribution in [3.63, 3.8) is 0 Å². The standard InChI is InChI=1S/C19H29N3O3S.ClH/c1-15-6-7-17(26(24,25)22-9-4-3-5-10-22)12-18(15)19(23)21-11-8-16(14-21)13-20-2;/h6-7,12,16,20H,3-5,8-11,13-14H2,1-2H3;1H. The van der Waals surface area contributed by atoms with E-state index in [1.165, 1.54) is 0 Å². The minimum absolute atomic E-state index is 0. The van der Waals surface area contributed by atoms with Crippen LogP contribution < -0.4 is 5.32 Å². The molecule has 0 radical (unpaired) electrons. The molecular weight excluding hydrogens is 386 g/mol. The number of hydrogen-bond acceptors (Lipinski definition) is 4. The molecule has 0 aromatic heterocycles. The lowest BCUT2D eigenvalue weighted by Crippen LogP contribution is -2.36. The number of halogens is 1. The largest absolute Gasteiger partial charge is 0.338 e. The number of aryl methyl sites for hydroxylation is 1. The second kappa shape index (κ2) is 9.37. The van der Waals surface area contributed by atoms with E-state index in [4.69, 9.17) is 0 Å². The minimum Gasteiger partial charge on any atom is -0.338 e. The van der Waals surface area contributed by atoms with Gasteiger partial charge in [-0.15, -0.1) is 12.4 Å². The lowest BCUT2D eigenvalue weighted by molar-refractivity contribution is 0.0786. The van der Waals surface area contributed by atoms with Crippen molar-refractivity contribution in [3.8, 4) is 0 Å². The number of nitrogens with zero attached hydrogens (tertiary/aromatic N) is 2. The lowest BCUT2D eigenvalue weighted by atomic mass is 10.1. The molecule has 2 aliphatic heterocycles. The zero-order valence-corrected chi connectivity index (χ0v) is 17.7. The highest BCUT2D eigenvalue weighted by molar-refractivity contribution is 7.89.